The van der Waals surface area contributed by atoms with Gasteiger partial charge in [-0.05, 0) is 233 Å². The van der Waals surface area contributed by atoms with Crippen LogP contribution in [0.5, 0.6) is 0 Å². The van der Waals surface area contributed by atoms with E-state index in [1.54, 1.807) is 0 Å². The highest BCUT2D eigenvalue weighted by molar-refractivity contribution is 6.46. The van der Waals surface area contributed by atoms with Gasteiger partial charge in [0.2, 0.25) is 0 Å². The van der Waals surface area contributed by atoms with Crippen molar-refractivity contribution >= 4 is 97.0 Å². The molecule has 19 rings (SSSR count). The van der Waals surface area contributed by atoms with Crippen molar-refractivity contribution in [2.45, 2.75) is 57.8 Å². The number of rotatable bonds is 3. The third kappa shape index (κ3) is 5.63. The second-order valence-corrected chi connectivity index (χ2v) is 26.1. The van der Waals surface area contributed by atoms with Crippen molar-refractivity contribution in [2.75, 3.05) is 0 Å². The van der Waals surface area contributed by atoms with E-state index < -0.39 is 0 Å². The summed E-state index contributed by atoms with van der Waals surface area (Å²) in [5.74, 6) is 0. The molecule has 0 fully saturated rings. The van der Waals surface area contributed by atoms with Gasteiger partial charge in [-0.3, -0.25) is 0 Å². The predicted molar refractivity (Wildman–Crippen MR) is 355 cm³/mol. The van der Waals surface area contributed by atoms with Crippen LogP contribution in [0.2, 0.25) is 0 Å². The summed E-state index contributed by atoms with van der Waals surface area (Å²) in [6, 6.07) is 89.8. The Labute approximate surface area is 482 Å². The zero-order valence-electron chi connectivity index (χ0n) is 47.4. The van der Waals surface area contributed by atoms with Gasteiger partial charge in [-0.15, -0.1) is 0 Å². The Morgan fingerprint density at radius 3 is 1.02 bits per heavy atom. The van der Waals surface area contributed by atoms with Crippen LogP contribution in [0.25, 0.3) is 164 Å². The van der Waals surface area contributed by atoms with Crippen LogP contribution >= 0.6 is 0 Å². The summed E-state index contributed by atoms with van der Waals surface area (Å²) in [6.45, 7) is 14.5. The minimum Gasteiger partial charge on any atom is -0.0619 e. The van der Waals surface area contributed by atoms with Gasteiger partial charge in [0.1, 0.15) is 0 Å². The molecule has 0 heteroatoms. The van der Waals surface area contributed by atoms with Gasteiger partial charge in [-0.2, -0.15) is 0 Å². The maximum absolute atomic E-state index is 2.62. The van der Waals surface area contributed by atoms with Crippen LogP contribution in [-0.2, 0) is 16.2 Å². The van der Waals surface area contributed by atoms with Crippen molar-refractivity contribution in [3.63, 3.8) is 0 Å². The first-order valence-corrected chi connectivity index (χ1v) is 29.8. The fraction of sp³-hybridized carbons (Fsp3) is 0.108. The average Bonchev–Trinajstić information content (AvgIpc) is 2.14. The maximum Gasteiger partial charge on any atom is 0.0159 e. The fourth-order valence-corrected chi connectivity index (χ4v) is 17.3. The number of benzene rings is 14. The van der Waals surface area contributed by atoms with E-state index in [9.17, 15) is 0 Å². The van der Waals surface area contributed by atoms with Crippen LogP contribution in [0.4, 0.5) is 0 Å². The van der Waals surface area contributed by atoms with E-state index in [-0.39, 0.29) is 16.2 Å². The lowest BCUT2D eigenvalue weighted by atomic mass is 9.79. The molecule has 388 valence electrons. The summed E-state index contributed by atoms with van der Waals surface area (Å²) >= 11 is 0. The molecule has 0 radical (unpaired) electrons. The number of hydrogen-bond acceptors (Lipinski definition) is 0. The van der Waals surface area contributed by atoms with Gasteiger partial charge in [0.15, 0.2) is 0 Å². The molecule has 0 N–H and O–H groups in total. The second-order valence-electron chi connectivity index (χ2n) is 26.1. The molecule has 0 nitrogen and oxygen atoms in total. The Bertz CT molecular complexity index is 5640. The highest BCUT2D eigenvalue weighted by Crippen LogP contribution is 2.59. The van der Waals surface area contributed by atoms with E-state index in [0.717, 1.165) is 0 Å². The third-order valence-corrected chi connectivity index (χ3v) is 21.1. The SMILES string of the molecule is CC1(C)c2ccccc2-c2ccc(-c3c4ccccc4cc4c5cc6c(cc7c8c(-c9ccc%10c(c9)C(C)(C)c9ccccc9-%10)c9ccccc9c(-c9ccc%10c(c9)C(C)(C)c9ccccc9-%10)c8c8cccc6c87)c6cccc(c34)c65)cc21. The molecule has 0 aliphatic heterocycles. The molecule has 0 heterocycles. The van der Waals surface area contributed by atoms with Crippen molar-refractivity contribution in [1.29, 1.82) is 0 Å². The standard InChI is InChI=1S/C83H56/c1-81(2)67-30-14-11-21-50(67)53-36-33-46(40-70(53)81)73-49-20-8-7-19-45(49)39-64-65-43-62-59-27-18-29-61-77(59)66(44-63(62)58-26-17-28-60(76(58)65)78(64)73)80-75(48-35-38-55-52-23-13-16-32-69(52)83(5,6)72(55)42-48)57-25-10-9-24-56(57)74(79(61)80)47-34-37-54-51-22-12-15-31-68(51)82(3,4)71(54)41-47/h7-44H,1-6H3. The average molecular weight is 1050 g/mol. The second kappa shape index (κ2) is 15.5. The van der Waals surface area contributed by atoms with Gasteiger partial charge in [0.05, 0.1) is 0 Å². The summed E-state index contributed by atoms with van der Waals surface area (Å²) in [4.78, 5) is 0. The van der Waals surface area contributed by atoms with Gasteiger partial charge >= 0.3 is 0 Å². The molecule has 0 saturated carbocycles. The molecular formula is C83H56. The molecule has 0 atom stereocenters. The Morgan fingerprint density at radius 1 is 0.193 bits per heavy atom. The van der Waals surface area contributed by atoms with Crippen LogP contribution in [0.1, 0.15) is 74.9 Å². The third-order valence-electron chi connectivity index (χ3n) is 21.1. The molecule has 83 heavy (non-hydrogen) atoms. The van der Waals surface area contributed by atoms with Crippen molar-refractivity contribution < 1.29 is 0 Å². The molecule has 0 unspecified atom stereocenters. The van der Waals surface area contributed by atoms with Gasteiger partial charge in [-0.1, -0.05) is 236 Å². The maximum atomic E-state index is 2.62. The minimum atomic E-state index is -0.151. The molecule has 3 aliphatic rings. The van der Waals surface area contributed by atoms with Crippen molar-refractivity contribution in [3.05, 3.63) is 264 Å². The van der Waals surface area contributed by atoms with Crippen LogP contribution in [0.3, 0.4) is 0 Å². The molecule has 0 spiro atoms. The molecule has 16 aromatic rings. The van der Waals surface area contributed by atoms with Crippen LogP contribution in [0, 0.1) is 0 Å². The quantitative estimate of drug-likeness (QED) is 0.155. The Morgan fingerprint density at radius 2 is 0.530 bits per heavy atom. The highest BCUT2D eigenvalue weighted by Gasteiger charge is 2.39. The van der Waals surface area contributed by atoms with Gasteiger partial charge in [0, 0.05) is 16.2 Å². The molecule has 0 aromatic heterocycles. The zero-order valence-corrected chi connectivity index (χ0v) is 47.4. The summed E-state index contributed by atoms with van der Waals surface area (Å²) in [5.41, 5.74) is 23.8. The molecule has 3 aliphatic carbocycles. The number of fused-ring (bicyclic) bond motifs is 20. The molecular weight excluding hydrogens is 997 g/mol. The topological polar surface area (TPSA) is 0 Å². The minimum absolute atomic E-state index is 0.113. The molecule has 16 aromatic carbocycles. The zero-order chi connectivity index (χ0) is 55.2. The lowest BCUT2D eigenvalue weighted by molar-refractivity contribution is 0.660. The first kappa shape index (κ1) is 46.0. The summed E-state index contributed by atoms with van der Waals surface area (Å²) < 4.78 is 0. The van der Waals surface area contributed by atoms with Crippen LogP contribution in [0.15, 0.2) is 231 Å². The van der Waals surface area contributed by atoms with Crippen LogP contribution < -0.4 is 0 Å². The first-order valence-electron chi connectivity index (χ1n) is 29.8. The van der Waals surface area contributed by atoms with Gasteiger partial charge < -0.3 is 0 Å². The normalized spacial score (nSPS) is 15.2. The van der Waals surface area contributed by atoms with Crippen molar-refractivity contribution in [1.82, 2.24) is 0 Å². The van der Waals surface area contributed by atoms with Gasteiger partial charge in [0.25, 0.3) is 0 Å². The lowest BCUT2D eigenvalue weighted by Crippen LogP contribution is -2.15. The van der Waals surface area contributed by atoms with Gasteiger partial charge in [-0.25, -0.2) is 0 Å². The summed E-state index contributed by atoms with van der Waals surface area (Å²) in [7, 11) is 0. The van der Waals surface area contributed by atoms with E-state index in [2.05, 4.69) is 272 Å². The highest BCUT2D eigenvalue weighted by atomic mass is 14.4. The summed E-state index contributed by atoms with van der Waals surface area (Å²) in [5, 5.41) is 23.7. The Hall–Kier alpha value is -9.62. The van der Waals surface area contributed by atoms with Crippen molar-refractivity contribution in [3.8, 4) is 66.8 Å². The van der Waals surface area contributed by atoms with E-state index in [1.807, 2.05) is 0 Å². The van der Waals surface area contributed by atoms with E-state index >= 15 is 0 Å². The number of hydrogen-bond donors (Lipinski definition) is 0. The van der Waals surface area contributed by atoms with E-state index in [1.165, 1.54) is 197 Å². The Balaban J connectivity index is 0.943. The first-order chi connectivity index (χ1) is 40.5. The predicted octanol–water partition coefficient (Wildman–Crippen LogP) is 22.9. The lowest BCUT2D eigenvalue weighted by Gasteiger charge is -2.23. The largest absolute Gasteiger partial charge is 0.0619 e. The Kier molecular flexibility index (Phi) is 8.58. The molecule has 0 bridgehead atoms. The van der Waals surface area contributed by atoms with Crippen molar-refractivity contribution in [2.24, 2.45) is 0 Å². The van der Waals surface area contributed by atoms with E-state index in [0.29, 0.717) is 0 Å². The smallest absolute Gasteiger partial charge is 0.0159 e. The summed E-state index contributed by atoms with van der Waals surface area (Å²) in [6.07, 6.45) is 0. The van der Waals surface area contributed by atoms with E-state index in [4.69, 9.17) is 0 Å². The molecule has 0 saturated heterocycles. The van der Waals surface area contributed by atoms with Crippen LogP contribution in [-0.4, -0.2) is 0 Å². The molecule has 0 amide bonds. The monoisotopic (exact) mass is 1050 g/mol. The fourth-order valence-electron chi connectivity index (χ4n) is 17.3.